The van der Waals surface area contributed by atoms with E-state index in [1.165, 1.54) is 72.3 Å². The minimum Gasteiger partial charge on any atom is -0.310 e. The second kappa shape index (κ2) is 15.1. The van der Waals surface area contributed by atoms with Gasteiger partial charge in [0.15, 0.2) is 0 Å². The van der Waals surface area contributed by atoms with Crippen molar-refractivity contribution in [2.75, 3.05) is 4.90 Å². The molecular weight excluding hydrogens is 861 g/mol. The molecule has 10 aromatic rings. The molecule has 4 nitrogen and oxygen atoms in total. The van der Waals surface area contributed by atoms with Gasteiger partial charge in [-0.05, 0) is 122 Å². The highest BCUT2D eigenvalue weighted by Gasteiger charge is 2.39. The molecule has 4 aliphatic rings. The molecule has 2 heterocycles. The zero-order valence-electron chi connectivity index (χ0n) is 40.7. The van der Waals surface area contributed by atoms with Crippen LogP contribution in [0.3, 0.4) is 0 Å². The highest BCUT2D eigenvalue weighted by atomic mass is 15.2. The van der Waals surface area contributed by atoms with Gasteiger partial charge in [-0.25, -0.2) is 9.97 Å². The molecule has 14 rings (SSSR count). The zero-order chi connectivity index (χ0) is 47.8. The van der Waals surface area contributed by atoms with Crippen LogP contribution in [0.1, 0.15) is 74.6 Å². The van der Waals surface area contributed by atoms with Gasteiger partial charge in [0.25, 0.3) is 0 Å². The number of aromatic nitrogens is 3. The summed E-state index contributed by atoms with van der Waals surface area (Å²) in [5.41, 5.74) is 23.5. The predicted molar refractivity (Wildman–Crippen MR) is 296 cm³/mol. The SMILES string of the molecule is CC12C=Cc3c(n(-c4nc5c6c(cccc6n4)C(C)(C)c4ccccc4-5)c4ccc(-c5ccc(N(c6ccc(-c7ccccc7)cc6)c6ccc7c(c6)C(C)(C)c6ccccc6-7)cc5)cc34)C1=CC=CC2. The van der Waals surface area contributed by atoms with Gasteiger partial charge < -0.3 is 4.90 Å². The minimum atomic E-state index is -0.174. The van der Waals surface area contributed by atoms with Gasteiger partial charge in [0, 0.05) is 55.2 Å². The second-order valence-corrected chi connectivity index (χ2v) is 21.2. The van der Waals surface area contributed by atoms with Crippen LogP contribution in [0.2, 0.25) is 0 Å². The maximum absolute atomic E-state index is 5.59. The van der Waals surface area contributed by atoms with E-state index in [1.807, 2.05) is 0 Å². The Bertz CT molecular complexity index is 3960. The molecule has 0 saturated carbocycles. The molecule has 4 aliphatic carbocycles. The monoisotopic (exact) mass is 912 g/mol. The first-order valence-electron chi connectivity index (χ1n) is 25.0. The molecule has 2 aromatic heterocycles. The Balaban J connectivity index is 0.905. The largest absolute Gasteiger partial charge is 0.310 e. The van der Waals surface area contributed by atoms with Crippen LogP contribution in [0.5, 0.6) is 0 Å². The van der Waals surface area contributed by atoms with Crippen molar-refractivity contribution in [2.24, 2.45) is 5.41 Å². The van der Waals surface area contributed by atoms with Crippen molar-refractivity contribution in [1.29, 1.82) is 0 Å². The number of allylic oxidation sites excluding steroid dienone is 5. The second-order valence-electron chi connectivity index (χ2n) is 21.2. The number of hydrogen-bond acceptors (Lipinski definition) is 3. The zero-order valence-corrected chi connectivity index (χ0v) is 40.7. The van der Waals surface area contributed by atoms with Gasteiger partial charge in [-0.15, -0.1) is 0 Å². The van der Waals surface area contributed by atoms with E-state index in [-0.39, 0.29) is 16.2 Å². The predicted octanol–water partition coefficient (Wildman–Crippen LogP) is 17.4. The summed E-state index contributed by atoms with van der Waals surface area (Å²) >= 11 is 0. The standard InChI is InChI=1S/C67H52N4/c1-65(2)55-21-12-10-19-52(55)62-61-56(65)23-15-24-59(61)68-64(69-62)71-60-36-29-45(40-53(60)51-37-39-67(5)38-14-13-22-57(67)63(51)71)44-27-32-47(33-28-44)70(46-30-25-43(26-31-46)42-16-7-6-8-17-42)48-34-35-50-49-18-9-11-20-54(49)66(3,4)58(50)41-48/h6-37,39-41H,38H2,1-5H3. The van der Waals surface area contributed by atoms with E-state index in [0.29, 0.717) is 5.95 Å². The Hall–Kier alpha value is -8.34. The van der Waals surface area contributed by atoms with Crippen LogP contribution in [0.25, 0.3) is 84.0 Å². The third kappa shape index (κ3) is 6.10. The van der Waals surface area contributed by atoms with Gasteiger partial charge in [-0.1, -0.05) is 192 Å². The van der Waals surface area contributed by atoms with Crippen molar-refractivity contribution < 1.29 is 0 Å². The highest BCUT2D eigenvalue weighted by molar-refractivity contribution is 6.04. The van der Waals surface area contributed by atoms with Crippen LogP contribution in [0.15, 0.2) is 206 Å². The molecule has 0 saturated heterocycles. The lowest BCUT2D eigenvalue weighted by Crippen LogP contribution is -2.25. The number of rotatable bonds is 6. The molecule has 1 atom stereocenters. The van der Waals surface area contributed by atoms with Crippen molar-refractivity contribution in [2.45, 2.75) is 51.9 Å². The van der Waals surface area contributed by atoms with Crippen LogP contribution >= 0.6 is 0 Å². The highest BCUT2D eigenvalue weighted by Crippen LogP contribution is 2.53. The molecule has 4 heteroatoms. The summed E-state index contributed by atoms with van der Waals surface area (Å²) < 4.78 is 2.35. The fourth-order valence-corrected chi connectivity index (χ4v) is 12.6. The molecule has 0 aliphatic heterocycles. The smallest absolute Gasteiger partial charge is 0.235 e. The van der Waals surface area contributed by atoms with E-state index >= 15 is 0 Å². The van der Waals surface area contributed by atoms with E-state index in [2.05, 4.69) is 256 Å². The molecular formula is C67H52N4. The van der Waals surface area contributed by atoms with Gasteiger partial charge in [0.2, 0.25) is 5.95 Å². The Morgan fingerprint density at radius 3 is 1.87 bits per heavy atom. The molecule has 1 unspecified atom stereocenters. The maximum atomic E-state index is 5.59. The van der Waals surface area contributed by atoms with Gasteiger partial charge in [0.05, 0.1) is 22.4 Å². The van der Waals surface area contributed by atoms with Crippen LogP contribution in [-0.4, -0.2) is 14.5 Å². The van der Waals surface area contributed by atoms with Crippen molar-refractivity contribution >= 4 is 50.5 Å². The number of benzene rings is 8. The third-order valence-corrected chi connectivity index (χ3v) is 16.4. The topological polar surface area (TPSA) is 34.0 Å². The Labute approximate surface area is 415 Å². The van der Waals surface area contributed by atoms with Crippen LogP contribution < -0.4 is 4.90 Å². The van der Waals surface area contributed by atoms with Gasteiger partial charge in [-0.2, -0.15) is 0 Å². The average molecular weight is 913 g/mol. The fourth-order valence-electron chi connectivity index (χ4n) is 12.6. The first-order valence-corrected chi connectivity index (χ1v) is 25.0. The summed E-state index contributed by atoms with van der Waals surface area (Å²) in [5, 5.41) is 2.33. The molecule has 71 heavy (non-hydrogen) atoms. The molecule has 340 valence electrons. The first-order chi connectivity index (χ1) is 34.6. The number of hydrogen-bond donors (Lipinski definition) is 0. The van der Waals surface area contributed by atoms with Crippen LogP contribution in [0.4, 0.5) is 17.1 Å². The Morgan fingerprint density at radius 1 is 0.507 bits per heavy atom. The third-order valence-electron chi connectivity index (χ3n) is 16.4. The molecule has 0 radical (unpaired) electrons. The van der Waals surface area contributed by atoms with E-state index < -0.39 is 0 Å². The lowest BCUT2D eigenvalue weighted by molar-refractivity contribution is 0.574. The quantitative estimate of drug-likeness (QED) is 0.167. The molecule has 8 aromatic carbocycles. The van der Waals surface area contributed by atoms with Crippen molar-refractivity contribution in [3.05, 3.63) is 240 Å². The lowest BCUT2D eigenvalue weighted by atomic mass is 9.70. The van der Waals surface area contributed by atoms with Gasteiger partial charge in [-0.3, -0.25) is 4.57 Å². The lowest BCUT2D eigenvalue weighted by Gasteiger charge is -2.35. The fraction of sp³-hybridized carbons (Fsp3) is 0.134. The summed E-state index contributed by atoms with van der Waals surface area (Å²) in [6, 6.07) is 67.0. The van der Waals surface area contributed by atoms with Gasteiger partial charge in [0.1, 0.15) is 0 Å². The molecule has 0 bridgehead atoms. The summed E-state index contributed by atoms with van der Waals surface area (Å²) in [7, 11) is 0. The maximum Gasteiger partial charge on any atom is 0.235 e. The number of nitrogens with zero attached hydrogens (tertiary/aromatic N) is 4. The first kappa shape index (κ1) is 41.6. The number of anilines is 3. The van der Waals surface area contributed by atoms with E-state index in [0.717, 1.165) is 56.7 Å². The summed E-state index contributed by atoms with van der Waals surface area (Å²) in [5.74, 6) is 0.700. The van der Waals surface area contributed by atoms with Crippen molar-refractivity contribution in [3.8, 4) is 50.6 Å². The molecule has 0 fully saturated rings. The summed E-state index contributed by atoms with van der Waals surface area (Å²) in [4.78, 5) is 13.5. The molecule has 0 spiro atoms. The molecule has 0 N–H and O–H groups in total. The van der Waals surface area contributed by atoms with Crippen LogP contribution in [0, 0.1) is 5.41 Å². The Kier molecular flexibility index (Phi) is 8.84. The average Bonchev–Trinajstić information content (AvgIpc) is 3.86. The van der Waals surface area contributed by atoms with Crippen LogP contribution in [-0.2, 0) is 10.8 Å². The van der Waals surface area contributed by atoms with Gasteiger partial charge >= 0.3 is 0 Å². The summed E-state index contributed by atoms with van der Waals surface area (Å²) in [6.45, 7) is 11.7. The number of fused-ring (bicyclic) bond motifs is 10. The normalized spacial score (nSPS) is 17.3. The van der Waals surface area contributed by atoms with Crippen molar-refractivity contribution in [1.82, 2.24) is 14.5 Å². The Morgan fingerprint density at radius 2 is 1.11 bits per heavy atom. The van der Waals surface area contributed by atoms with Crippen molar-refractivity contribution in [3.63, 3.8) is 0 Å². The van der Waals surface area contributed by atoms with E-state index in [1.54, 1.807) is 0 Å². The van der Waals surface area contributed by atoms with E-state index in [9.17, 15) is 0 Å². The van der Waals surface area contributed by atoms with E-state index in [4.69, 9.17) is 9.97 Å². The molecule has 0 amide bonds. The summed E-state index contributed by atoms with van der Waals surface area (Å²) in [6.07, 6.45) is 12.5. The minimum absolute atomic E-state index is 0.119.